The van der Waals surface area contributed by atoms with Gasteiger partial charge in [0.1, 0.15) is 5.75 Å². The van der Waals surface area contributed by atoms with Gasteiger partial charge in [0.2, 0.25) is 10.0 Å². The molecule has 0 spiro atoms. The van der Waals surface area contributed by atoms with E-state index >= 15 is 0 Å². The highest BCUT2D eigenvalue weighted by molar-refractivity contribution is 7.88. The van der Waals surface area contributed by atoms with E-state index in [1.54, 1.807) is 31.4 Å². The summed E-state index contributed by atoms with van der Waals surface area (Å²) in [5.74, 6) is 0.621. The number of hydrogen-bond donors (Lipinski definition) is 1. The number of sulfonamides is 1. The standard InChI is InChI=1S/C17H19NO3S/c1-21-16-9-5-6-14(12-16)13-22(19,20)18-17(10-11-17)15-7-3-2-4-8-15/h2-9,12,18H,10-11,13H2,1H3. The summed E-state index contributed by atoms with van der Waals surface area (Å²) in [6.07, 6.45) is 1.68. The molecule has 0 radical (unpaired) electrons. The van der Waals surface area contributed by atoms with E-state index in [0.717, 1.165) is 24.0 Å². The van der Waals surface area contributed by atoms with Crippen LogP contribution in [0, 0.1) is 0 Å². The molecule has 0 heterocycles. The van der Waals surface area contributed by atoms with Crippen molar-refractivity contribution in [2.24, 2.45) is 0 Å². The Morgan fingerprint density at radius 1 is 1.09 bits per heavy atom. The van der Waals surface area contributed by atoms with E-state index in [-0.39, 0.29) is 5.75 Å². The zero-order chi connectivity index (χ0) is 15.6. The highest BCUT2D eigenvalue weighted by Gasteiger charge is 2.47. The second kappa shape index (κ2) is 5.74. The minimum atomic E-state index is -3.41. The normalized spacial score (nSPS) is 16.2. The minimum Gasteiger partial charge on any atom is -0.497 e. The van der Waals surface area contributed by atoms with Gasteiger partial charge >= 0.3 is 0 Å². The van der Waals surface area contributed by atoms with Gasteiger partial charge in [-0.05, 0) is 36.1 Å². The molecule has 1 aliphatic carbocycles. The Morgan fingerprint density at radius 3 is 2.45 bits per heavy atom. The predicted octanol–water partition coefficient (Wildman–Crippen LogP) is 2.80. The summed E-state index contributed by atoms with van der Waals surface area (Å²) in [5, 5.41) is 0. The minimum absolute atomic E-state index is 0.0429. The van der Waals surface area contributed by atoms with E-state index in [4.69, 9.17) is 4.74 Å². The van der Waals surface area contributed by atoms with Crippen LogP contribution in [0.5, 0.6) is 5.75 Å². The average molecular weight is 317 g/mol. The molecule has 0 aromatic heterocycles. The molecule has 3 rings (SSSR count). The van der Waals surface area contributed by atoms with Crippen LogP contribution in [-0.2, 0) is 21.3 Å². The number of nitrogens with one attached hydrogen (secondary N) is 1. The maximum absolute atomic E-state index is 12.5. The summed E-state index contributed by atoms with van der Waals surface area (Å²) in [6.45, 7) is 0. The van der Waals surface area contributed by atoms with Gasteiger partial charge in [-0.1, -0.05) is 42.5 Å². The molecule has 0 amide bonds. The van der Waals surface area contributed by atoms with Gasteiger partial charge in [-0.2, -0.15) is 0 Å². The lowest BCUT2D eigenvalue weighted by Crippen LogP contribution is -2.35. The molecule has 1 N–H and O–H groups in total. The van der Waals surface area contributed by atoms with E-state index in [1.165, 1.54) is 0 Å². The molecule has 1 fully saturated rings. The largest absolute Gasteiger partial charge is 0.497 e. The molecule has 116 valence electrons. The zero-order valence-electron chi connectivity index (χ0n) is 12.5. The Labute approximate surface area is 131 Å². The van der Waals surface area contributed by atoms with Crippen LogP contribution in [-0.4, -0.2) is 15.5 Å². The van der Waals surface area contributed by atoms with Gasteiger partial charge < -0.3 is 4.74 Å². The van der Waals surface area contributed by atoms with Gasteiger partial charge in [0, 0.05) is 0 Å². The first-order valence-electron chi connectivity index (χ1n) is 7.23. The fourth-order valence-electron chi connectivity index (χ4n) is 2.65. The molecule has 0 atom stereocenters. The van der Waals surface area contributed by atoms with Crippen molar-refractivity contribution in [3.05, 3.63) is 65.7 Å². The third-order valence-corrected chi connectivity index (χ3v) is 5.33. The number of hydrogen-bond acceptors (Lipinski definition) is 3. The average Bonchev–Trinajstić information content (AvgIpc) is 3.28. The van der Waals surface area contributed by atoms with Crippen molar-refractivity contribution in [2.45, 2.75) is 24.1 Å². The maximum Gasteiger partial charge on any atom is 0.216 e. The number of methoxy groups -OCH3 is 1. The van der Waals surface area contributed by atoms with Crippen LogP contribution in [0.1, 0.15) is 24.0 Å². The SMILES string of the molecule is COc1cccc(CS(=O)(=O)NC2(c3ccccc3)CC2)c1. The number of benzene rings is 2. The second-order valence-electron chi connectivity index (χ2n) is 5.66. The predicted molar refractivity (Wildman–Crippen MR) is 86.1 cm³/mol. The molecule has 22 heavy (non-hydrogen) atoms. The van der Waals surface area contributed by atoms with Gasteiger partial charge in [-0.3, -0.25) is 0 Å². The molecule has 4 nitrogen and oxygen atoms in total. The van der Waals surface area contributed by atoms with Gasteiger partial charge in [0.25, 0.3) is 0 Å². The van der Waals surface area contributed by atoms with Crippen LogP contribution < -0.4 is 9.46 Å². The van der Waals surface area contributed by atoms with Crippen molar-refractivity contribution in [3.8, 4) is 5.75 Å². The van der Waals surface area contributed by atoms with Crippen molar-refractivity contribution in [1.82, 2.24) is 4.72 Å². The van der Waals surface area contributed by atoms with Crippen LogP contribution in [0.2, 0.25) is 0 Å². The summed E-state index contributed by atoms with van der Waals surface area (Å²) < 4.78 is 33.0. The van der Waals surface area contributed by atoms with Crippen molar-refractivity contribution in [3.63, 3.8) is 0 Å². The van der Waals surface area contributed by atoms with Crippen molar-refractivity contribution in [2.75, 3.05) is 7.11 Å². The van der Waals surface area contributed by atoms with Crippen LogP contribution in [0.25, 0.3) is 0 Å². The third kappa shape index (κ3) is 3.31. The summed E-state index contributed by atoms with van der Waals surface area (Å²) in [6, 6.07) is 16.9. The second-order valence-corrected chi connectivity index (χ2v) is 7.38. The van der Waals surface area contributed by atoms with E-state index < -0.39 is 15.6 Å². The van der Waals surface area contributed by atoms with Crippen molar-refractivity contribution < 1.29 is 13.2 Å². The Kier molecular flexibility index (Phi) is 3.93. The molecule has 1 saturated carbocycles. The fraction of sp³-hybridized carbons (Fsp3) is 0.294. The van der Waals surface area contributed by atoms with E-state index in [0.29, 0.717) is 5.75 Å². The molecule has 0 saturated heterocycles. The fourth-order valence-corrected chi connectivity index (χ4v) is 4.26. The third-order valence-electron chi connectivity index (χ3n) is 3.92. The van der Waals surface area contributed by atoms with Crippen LogP contribution in [0.4, 0.5) is 0 Å². The molecule has 0 bridgehead atoms. The molecular formula is C17H19NO3S. The first kappa shape index (κ1) is 15.1. The van der Waals surface area contributed by atoms with E-state index in [9.17, 15) is 8.42 Å². The topological polar surface area (TPSA) is 55.4 Å². The van der Waals surface area contributed by atoms with E-state index in [1.807, 2.05) is 30.3 Å². The van der Waals surface area contributed by atoms with Crippen LogP contribution >= 0.6 is 0 Å². The molecule has 5 heteroatoms. The monoisotopic (exact) mass is 317 g/mol. The van der Waals surface area contributed by atoms with E-state index in [2.05, 4.69) is 4.72 Å². The highest BCUT2D eigenvalue weighted by Crippen LogP contribution is 2.46. The summed E-state index contributed by atoms with van der Waals surface area (Å²) in [5.41, 5.74) is 1.33. The molecule has 1 aliphatic rings. The summed E-state index contributed by atoms with van der Waals surface area (Å²) >= 11 is 0. The Bertz CT molecular complexity index is 752. The quantitative estimate of drug-likeness (QED) is 0.891. The summed E-state index contributed by atoms with van der Waals surface area (Å²) in [4.78, 5) is 0. The lowest BCUT2D eigenvalue weighted by molar-refractivity contribution is 0.414. The number of rotatable bonds is 6. The van der Waals surface area contributed by atoms with Gasteiger partial charge in [0.05, 0.1) is 18.4 Å². The highest BCUT2D eigenvalue weighted by atomic mass is 32.2. The Morgan fingerprint density at radius 2 is 1.82 bits per heavy atom. The Balaban J connectivity index is 1.77. The lowest BCUT2D eigenvalue weighted by Gasteiger charge is -2.18. The zero-order valence-corrected chi connectivity index (χ0v) is 13.3. The lowest BCUT2D eigenvalue weighted by atomic mass is 10.1. The maximum atomic E-state index is 12.5. The molecule has 2 aromatic rings. The van der Waals surface area contributed by atoms with Crippen LogP contribution in [0.15, 0.2) is 54.6 Å². The molecular weight excluding hydrogens is 298 g/mol. The van der Waals surface area contributed by atoms with Crippen LogP contribution in [0.3, 0.4) is 0 Å². The Hall–Kier alpha value is -1.85. The van der Waals surface area contributed by atoms with Gasteiger partial charge in [-0.25, -0.2) is 13.1 Å². The summed E-state index contributed by atoms with van der Waals surface area (Å²) in [7, 11) is -1.84. The molecule has 0 unspecified atom stereocenters. The van der Waals surface area contributed by atoms with Gasteiger partial charge in [-0.15, -0.1) is 0 Å². The molecule has 2 aromatic carbocycles. The van der Waals surface area contributed by atoms with Crippen molar-refractivity contribution >= 4 is 10.0 Å². The van der Waals surface area contributed by atoms with Crippen molar-refractivity contribution in [1.29, 1.82) is 0 Å². The first-order valence-corrected chi connectivity index (χ1v) is 8.88. The molecule has 0 aliphatic heterocycles. The first-order chi connectivity index (χ1) is 10.5. The smallest absolute Gasteiger partial charge is 0.216 e. The number of ether oxygens (including phenoxy) is 1. The van der Waals surface area contributed by atoms with Gasteiger partial charge in [0.15, 0.2) is 0 Å².